The Morgan fingerprint density at radius 1 is 1.24 bits per heavy atom. The zero-order chi connectivity index (χ0) is 12.5. The molecule has 3 nitrogen and oxygen atoms in total. The van der Waals surface area contributed by atoms with Gasteiger partial charge in [-0.3, -0.25) is 4.79 Å². The summed E-state index contributed by atoms with van der Waals surface area (Å²) >= 11 is 0. The van der Waals surface area contributed by atoms with Crippen LogP contribution in [0.5, 0.6) is 0 Å². The van der Waals surface area contributed by atoms with E-state index in [4.69, 9.17) is 5.11 Å². The van der Waals surface area contributed by atoms with Gasteiger partial charge < -0.3 is 10.0 Å². The van der Waals surface area contributed by atoms with Gasteiger partial charge in [0.15, 0.2) is 5.78 Å². The summed E-state index contributed by atoms with van der Waals surface area (Å²) in [6.07, 6.45) is 1.32. The van der Waals surface area contributed by atoms with Crippen LogP contribution in [0.2, 0.25) is 0 Å². The third-order valence-corrected chi connectivity index (χ3v) is 2.83. The van der Waals surface area contributed by atoms with E-state index in [9.17, 15) is 4.79 Å². The van der Waals surface area contributed by atoms with Crippen molar-refractivity contribution in [1.29, 1.82) is 0 Å². The summed E-state index contributed by atoms with van der Waals surface area (Å²) in [7, 11) is 0. The monoisotopic (exact) mass is 235 g/mol. The summed E-state index contributed by atoms with van der Waals surface area (Å²) in [5.41, 5.74) is 0.783. The first-order valence-corrected chi connectivity index (χ1v) is 6.19. The minimum absolute atomic E-state index is 0.188. The Morgan fingerprint density at radius 2 is 1.94 bits per heavy atom. The first kappa shape index (κ1) is 13.9. The number of carbonyl (C=O) groups excluding carboxylic acids is 1. The Labute approximate surface area is 103 Å². The van der Waals surface area contributed by atoms with Crippen molar-refractivity contribution in [2.45, 2.75) is 19.8 Å². The average molecular weight is 235 g/mol. The molecule has 0 spiro atoms. The van der Waals surface area contributed by atoms with Crippen molar-refractivity contribution in [1.82, 2.24) is 4.90 Å². The van der Waals surface area contributed by atoms with Crippen LogP contribution in [0.3, 0.4) is 0 Å². The molecule has 0 radical (unpaired) electrons. The van der Waals surface area contributed by atoms with Gasteiger partial charge in [0.05, 0.1) is 0 Å². The zero-order valence-electron chi connectivity index (χ0n) is 10.4. The summed E-state index contributed by atoms with van der Waals surface area (Å²) in [6.45, 7) is 4.83. The van der Waals surface area contributed by atoms with E-state index < -0.39 is 0 Å². The lowest BCUT2D eigenvalue weighted by molar-refractivity contribution is 0.0964. The van der Waals surface area contributed by atoms with Crippen molar-refractivity contribution in [3.63, 3.8) is 0 Å². The summed E-state index contributed by atoms with van der Waals surface area (Å²) in [5.74, 6) is 0.188. The fourth-order valence-corrected chi connectivity index (χ4v) is 1.75. The number of nitrogens with zero attached hydrogens (tertiary/aromatic N) is 1. The van der Waals surface area contributed by atoms with Crippen LogP contribution in [-0.2, 0) is 0 Å². The van der Waals surface area contributed by atoms with Gasteiger partial charge in [-0.2, -0.15) is 0 Å². The molecule has 17 heavy (non-hydrogen) atoms. The molecule has 1 aromatic rings. The van der Waals surface area contributed by atoms with Crippen molar-refractivity contribution in [3.05, 3.63) is 35.9 Å². The SMILES string of the molecule is CCN(CCCO)CCC(=O)c1ccccc1. The molecule has 1 aromatic carbocycles. The fourth-order valence-electron chi connectivity index (χ4n) is 1.75. The Hall–Kier alpha value is -1.19. The van der Waals surface area contributed by atoms with Crippen molar-refractivity contribution in [2.24, 2.45) is 0 Å². The molecule has 1 N–H and O–H groups in total. The lowest BCUT2D eigenvalue weighted by Gasteiger charge is -2.19. The first-order valence-electron chi connectivity index (χ1n) is 6.19. The Balaban J connectivity index is 2.36. The second kappa shape index (κ2) is 7.98. The number of hydrogen-bond donors (Lipinski definition) is 1. The highest BCUT2D eigenvalue weighted by atomic mass is 16.3. The number of carbonyl (C=O) groups is 1. The molecule has 0 unspecified atom stereocenters. The van der Waals surface area contributed by atoms with Crippen LogP contribution in [0, 0.1) is 0 Å². The molecule has 0 amide bonds. The highest BCUT2D eigenvalue weighted by molar-refractivity contribution is 5.96. The molecule has 0 aliphatic rings. The van der Waals surface area contributed by atoms with E-state index in [-0.39, 0.29) is 12.4 Å². The lowest BCUT2D eigenvalue weighted by atomic mass is 10.1. The van der Waals surface area contributed by atoms with Crippen LogP contribution in [0.15, 0.2) is 30.3 Å². The molecule has 0 bridgehead atoms. The molecule has 0 aliphatic heterocycles. The molecular weight excluding hydrogens is 214 g/mol. The molecule has 94 valence electrons. The van der Waals surface area contributed by atoms with Gasteiger partial charge in [-0.15, -0.1) is 0 Å². The number of benzene rings is 1. The Bertz CT molecular complexity index is 324. The van der Waals surface area contributed by atoms with E-state index in [1.807, 2.05) is 30.3 Å². The van der Waals surface area contributed by atoms with Gasteiger partial charge in [-0.1, -0.05) is 37.3 Å². The van der Waals surface area contributed by atoms with E-state index in [2.05, 4.69) is 11.8 Å². The van der Waals surface area contributed by atoms with Crippen molar-refractivity contribution < 1.29 is 9.90 Å². The standard InChI is InChI=1S/C14H21NO2/c1-2-15(10-6-12-16)11-9-14(17)13-7-4-3-5-8-13/h3-5,7-8,16H,2,6,9-12H2,1H3. The third kappa shape index (κ3) is 5.11. The Kier molecular flexibility index (Phi) is 6.51. The van der Waals surface area contributed by atoms with E-state index in [1.54, 1.807) is 0 Å². The largest absolute Gasteiger partial charge is 0.396 e. The molecular formula is C14H21NO2. The number of rotatable bonds is 8. The predicted molar refractivity (Wildman–Crippen MR) is 69.2 cm³/mol. The van der Waals surface area contributed by atoms with Crippen LogP contribution >= 0.6 is 0 Å². The maximum atomic E-state index is 11.9. The van der Waals surface area contributed by atoms with Crippen molar-refractivity contribution >= 4 is 5.78 Å². The van der Waals surface area contributed by atoms with Crippen LogP contribution in [-0.4, -0.2) is 42.0 Å². The van der Waals surface area contributed by atoms with Gasteiger partial charge in [0.1, 0.15) is 0 Å². The first-order chi connectivity index (χ1) is 8.27. The molecule has 3 heteroatoms. The van der Waals surface area contributed by atoms with Crippen LogP contribution in [0.25, 0.3) is 0 Å². The minimum atomic E-state index is 0.188. The fraction of sp³-hybridized carbons (Fsp3) is 0.500. The van der Waals surface area contributed by atoms with Crippen LogP contribution in [0.4, 0.5) is 0 Å². The summed E-state index contributed by atoms with van der Waals surface area (Å²) in [4.78, 5) is 14.1. The summed E-state index contributed by atoms with van der Waals surface area (Å²) < 4.78 is 0. The van der Waals surface area contributed by atoms with E-state index in [0.29, 0.717) is 6.42 Å². The topological polar surface area (TPSA) is 40.5 Å². The zero-order valence-corrected chi connectivity index (χ0v) is 10.4. The predicted octanol–water partition coefficient (Wildman–Crippen LogP) is 1.96. The van der Waals surface area contributed by atoms with Gasteiger partial charge in [-0.05, 0) is 13.0 Å². The second-order valence-corrected chi connectivity index (χ2v) is 4.05. The normalized spacial score (nSPS) is 10.8. The highest BCUT2D eigenvalue weighted by Crippen LogP contribution is 2.04. The second-order valence-electron chi connectivity index (χ2n) is 4.05. The molecule has 1 rings (SSSR count). The smallest absolute Gasteiger partial charge is 0.164 e. The van der Waals surface area contributed by atoms with Gasteiger partial charge in [0.2, 0.25) is 0 Å². The third-order valence-electron chi connectivity index (χ3n) is 2.83. The van der Waals surface area contributed by atoms with E-state index in [1.165, 1.54) is 0 Å². The van der Waals surface area contributed by atoms with Gasteiger partial charge >= 0.3 is 0 Å². The number of hydrogen-bond acceptors (Lipinski definition) is 3. The number of aliphatic hydroxyl groups is 1. The molecule has 0 aliphatic carbocycles. The Morgan fingerprint density at radius 3 is 2.53 bits per heavy atom. The van der Waals surface area contributed by atoms with Crippen LogP contribution in [0.1, 0.15) is 30.1 Å². The maximum absolute atomic E-state index is 11.9. The molecule has 0 aromatic heterocycles. The van der Waals surface area contributed by atoms with Gasteiger partial charge in [0, 0.05) is 31.7 Å². The van der Waals surface area contributed by atoms with E-state index in [0.717, 1.165) is 31.6 Å². The van der Waals surface area contributed by atoms with Crippen LogP contribution < -0.4 is 0 Å². The van der Waals surface area contributed by atoms with Gasteiger partial charge in [0.25, 0.3) is 0 Å². The minimum Gasteiger partial charge on any atom is -0.396 e. The molecule has 0 saturated carbocycles. The molecule has 0 atom stereocenters. The molecule has 0 fully saturated rings. The van der Waals surface area contributed by atoms with Gasteiger partial charge in [-0.25, -0.2) is 0 Å². The summed E-state index contributed by atoms with van der Waals surface area (Å²) in [5, 5.41) is 8.77. The molecule has 0 heterocycles. The van der Waals surface area contributed by atoms with Crippen molar-refractivity contribution in [3.8, 4) is 0 Å². The lowest BCUT2D eigenvalue weighted by Crippen LogP contribution is -2.27. The van der Waals surface area contributed by atoms with E-state index >= 15 is 0 Å². The number of Topliss-reactive ketones (excluding diaryl/α,β-unsaturated/α-hetero) is 1. The summed E-state index contributed by atoms with van der Waals surface area (Å²) in [6, 6.07) is 9.39. The number of ketones is 1. The quantitative estimate of drug-likeness (QED) is 0.700. The molecule has 0 saturated heterocycles. The average Bonchev–Trinajstić information content (AvgIpc) is 2.39. The highest BCUT2D eigenvalue weighted by Gasteiger charge is 2.08. The van der Waals surface area contributed by atoms with Crippen molar-refractivity contribution in [2.75, 3.05) is 26.2 Å². The maximum Gasteiger partial charge on any atom is 0.164 e. The number of aliphatic hydroxyl groups excluding tert-OH is 1.